The molecule has 0 aliphatic carbocycles. The van der Waals surface area contributed by atoms with Crippen LogP contribution in [0, 0.1) is 0 Å². The molecule has 0 heterocycles. The molecule has 0 aliphatic heterocycles. The first-order valence-electron chi connectivity index (χ1n) is 8.31. The van der Waals surface area contributed by atoms with Crippen molar-refractivity contribution >= 4 is 12.4 Å². The monoisotopic (exact) mass is 346 g/mol. The van der Waals surface area contributed by atoms with E-state index >= 15 is 0 Å². The molecule has 25 heavy (non-hydrogen) atoms. The maximum Gasteiger partial charge on any atom is 0.416 e. The van der Waals surface area contributed by atoms with Crippen LogP contribution in [0.25, 0.3) is 0 Å². The molecule has 0 saturated carbocycles. The van der Waals surface area contributed by atoms with Crippen molar-refractivity contribution in [3.8, 4) is 0 Å². The number of benzene rings is 2. The van der Waals surface area contributed by atoms with Gasteiger partial charge in [-0.05, 0) is 41.7 Å². The molecule has 0 fully saturated rings. The molecule has 0 bridgehead atoms. The van der Waals surface area contributed by atoms with Gasteiger partial charge in [-0.1, -0.05) is 56.2 Å². The SMILES string of the molecule is CCCCCc1ccc(/C=N/N=C/c2ccc(C(F)(F)F)cc2)cc1. The Labute approximate surface area is 146 Å². The molecule has 2 rings (SSSR count). The van der Waals surface area contributed by atoms with E-state index in [2.05, 4.69) is 29.3 Å². The van der Waals surface area contributed by atoms with E-state index in [-0.39, 0.29) is 0 Å². The zero-order chi connectivity index (χ0) is 18.1. The molecule has 0 saturated heterocycles. The van der Waals surface area contributed by atoms with Crippen molar-refractivity contribution in [2.45, 2.75) is 38.8 Å². The van der Waals surface area contributed by atoms with Gasteiger partial charge in [0.1, 0.15) is 0 Å². The van der Waals surface area contributed by atoms with Crippen molar-refractivity contribution in [2.24, 2.45) is 10.2 Å². The van der Waals surface area contributed by atoms with Crippen molar-refractivity contribution in [2.75, 3.05) is 0 Å². The Morgan fingerprint density at radius 2 is 1.32 bits per heavy atom. The number of rotatable bonds is 7. The summed E-state index contributed by atoms with van der Waals surface area (Å²) in [5.41, 5.74) is 2.13. The normalized spacial score (nSPS) is 12.3. The number of hydrogen-bond donors (Lipinski definition) is 0. The highest BCUT2D eigenvalue weighted by Crippen LogP contribution is 2.28. The third kappa shape index (κ3) is 6.53. The van der Waals surface area contributed by atoms with Crippen LogP contribution in [0.3, 0.4) is 0 Å². The third-order valence-corrected chi connectivity index (χ3v) is 3.77. The molecular formula is C20H21F3N2. The molecule has 0 unspecified atom stereocenters. The average Bonchev–Trinajstić information content (AvgIpc) is 2.60. The summed E-state index contributed by atoms with van der Waals surface area (Å²) in [6, 6.07) is 12.9. The molecular weight excluding hydrogens is 325 g/mol. The lowest BCUT2D eigenvalue weighted by Crippen LogP contribution is -2.04. The highest BCUT2D eigenvalue weighted by Gasteiger charge is 2.29. The van der Waals surface area contributed by atoms with Crippen LogP contribution in [0.2, 0.25) is 0 Å². The summed E-state index contributed by atoms with van der Waals surface area (Å²) in [6.45, 7) is 2.19. The first kappa shape index (κ1) is 18.9. The van der Waals surface area contributed by atoms with Crippen molar-refractivity contribution < 1.29 is 13.2 Å². The van der Waals surface area contributed by atoms with E-state index < -0.39 is 11.7 Å². The Morgan fingerprint density at radius 3 is 1.80 bits per heavy atom. The van der Waals surface area contributed by atoms with Gasteiger partial charge in [-0.3, -0.25) is 0 Å². The van der Waals surface area contributed by atoms with Crippen LogP contribution < -0.4 is 0 Å². The summed E-state index contributed by atoms with van der Waals surface area (Å²) < 4.78 is 37.4. The van der Waals surface area contributed by atoms with E-state index in [1.807, 2.05) is 12.1 Å². The van der Waals surface area contributed by atoms with Crippen LogP contribution in [0.5, 0.6) is 0 Å². The Morgan fingerprint density at radius 1 is 0.800 bits per heavy atom. The van der Waals surface area contributed by atoms with E-state index in [1.54, 1.807) is 6.21 Å². The van der Waals surface area contributed by atoms with Gasteiger partial charge in [0.2, 0.25) is 0 Å². The summed E-state index contributed by atoms with van der Waals surface area (Å²) in [5.74, 6) is 0. The second-order valence-corrected chi connectivity index (χ2v) is 5.81. The summed E-state index contributed by atoms with van der Waals surface area (Å²) in [4.78, 5) is 0. The van der Waals surface area contributed by atoms with E-state index in [4.69, 9.17) is 0 Å². The molecule has 2 aromatic rings. The molecule has 0 aromatic heterocycles. The molecule has 5 heteroatoms. The molecule has 2 nitrogen and oxygen atoms in total. The van der Waals surface area contributed by atoms with Crippen LogP contribution in [0.4, 0.5) is 13.2 Å². The molecule has 0 radical (unpaired) electrons. The number of halogens is 3. The molecule has 0 N–H and O–H groups in total. The maximum absolute atomic E-state index is 12.5. The van der Waals surface area contributed by atoms with Gasteiger partial charge < -0.3 is 0 Å². The largest absolute Gasteiger partial charge is 0.416 e. The molecule has 2 aromatic carbocycles. The molecule has 0 spiro atoms. The number of nitrogens with zero attached hydrogens (tertiary/aromatic N) is 2. The molecule has 0 aliphatic rings. The van der Waals surface area contributed by atoms with Crippen LogP contribution in [-0.4, -0.2) is 12.4 Å². The van der Waals surface area contributed by atoms with E-state index in [0.717, 1.165) is 24.1 Å². The highest BCUT2D eigenvalue weighted by molar-refractivity contribution is 5.82. The smallest absolute Gasteiger partial charge is 0.166 e. The third-order valence-electron chi connectivity index (χ3n) is 3.77. The zero-order valence-corrected chi connectivity index (χ0v) is 14.1. The Kier molecular flexibility index (Phi) is 6.92. The lowest BCUT2D eigenvalue weighted by atomic mass is 10.1. The second kappa shape index (κ2) is 9.16. The van der Waals surface area contributed by atoms with Gasteiger partial charge in [0.25, 0.3) is 0 Å². The van der Waals surface area contributed by atoms with Gasteiger partial charge in [0, 0.05) is 0 Å². The fraction of sp³-hybridized carbons (Fsp3) is 0.300. The topological polar surface area (TPSA) is 24.7 Å². The van der Waals surface area contributed by atoms with Crippen molar-refractivity contribution in [1.82, 2.24) is 0 Å². The van der Waals surface area contributed by atoms with Gasteiger partial charge >= 0.3 is 6.18 Å². The first-order chi connectivity index (χ1) is 12.0. The fourth-order valence-corrected chi connectivity index (χ4v) is 2.31. The van der Waals surface area contributed by atoms with E-state index in [1.165, 1.54) is 43.2 Å². The Balaban J connectivity index is 1.88. The molecule has 132 valence electrons. The van der Waals surface area contributed by atoms with Crippen LogP contribution in [0.1, 0.15) is 48.4 Å². The summed E-state index contributed by atoms with van der Waals surface area (Å²) in [6.07, 6.45) is 3.45. The lowest BCUT2D eigenvalue weighted by Gasteiger charge is -2.05. The Hall–Kier alpha value is -2.43. The van der Waals surface area contributed by atoms with E-state index in [0.29, 0.717) is 5.56 Å². The van der Waals surface area contributed by atoms with Crippen LogP contribution in [-0.2, 0) is 12.6 Å². The minimum absolute atomic E-state index is 0.566. The lowest BCUT2D eigenvalue weighted by molar-refractivity contribution is -0.137. The summed E-state index contributed by atoms with van der Waals surface area (Å²) in [5, 5.41) is 7.81. The van der Waals surface area contributed by atoms with Crippen LogP contribution in [0.15, 0.2) is 58.7 Å². The zero-order valence-electron chi connectivity index (χ0n) is 14.1. The number of alkyl halides is 3. The van der Waals surface area contributed by atoms with Crippen LogP contribution >= 0.6 is 0 Å². The van der Waals surface area contributed by atoms with Gasteiger partial charge in [-0.15, -0.1) is 0 Å². The van der Waals surface area contributed by atoms with Crippen molar-refractivity contribution in [3.63, 3.8) is 0 Å². The standard InChI is InChI=1S/C20H21F3N2/c1-2-3-4-5-16-6-8-17(9-7-16)14-24-25-15-18-10-12-19(13-11-18)20(21,22)23/h6-15H,2-5H2,1H3/b24-14+,25-15+. The quantitative estimate of drug-likeness (QED) is 0.339. The summed E-state index contributed by atoms with van der Waals surface area (Å²) in [7, 11) is 0. The molecule has 0 atom stereocenters. The van der Waals surface area contributed by atoms with Gasteiger partial charge in [0.15, 0.2) is 0 Å². The second-order valence-electron chi connectivity index (χ2n) is 5.81. The first-order valence-corrected chi connectivity index (χ1v) is 8.31. The Bertz CT molecular complexity index is 699. The molecule has 0 amide bonds. The van der Waals surface area contributed by atoms with Crippen molar-refractivity contribution in [3.05, 3.63) is 70.8 Å². The maximum atomic E-state index is 12.5. The minimum Gasteiger partial charge on any atom is -0.166 e. The van der Waals surface area contributed by atoms with Gasteiger partial charge in [-0.25, -0.2) is 0 Å². The number of aryl methyl sites for hydroxylation is 1. The van der Waals surface area contributed by atoms with Gasteiger partial charge in [-0.2, -0.15) is 23.4 Å². The average molecular weight is 346 g/mol. The predicted octanol–water partition coefficient (Wildman–Crippen LogP) is 5.89. The number of unbranched alkanes of at least 4 members (excludes halogenated alkanes) is 2. The van der Waals surface area contributed by atoms with E-state index in [9.17, 15) is 13.2 Å². The minimum atomic E-state index is -4.32. The summed E-state index contributed by atoms with van der Waals surface area (Å²) >= 11 is 0. The van der Waals surface area contributed by atoms with Gasteiger partial charge in [0.05, 0.1) is 18.0 Å². The predicted molar refractivity (Wildman–Crippen MR) is 96.3 cm³/mol. The highest BCUT2D eigenvalue weighted by atomic mass is 19.4. The van der Waals surface area contributed by atoms with Crippen molar-refractivity contribution in [1.29, 1.82) is 0 Å². The number of hydrogen-bond acceptors (Lipinski definition) is 2. The fourth-order valence-electron chi connectivity index (χ4n) is 2.31.